The van der Waals surface area contributed by atoms with Crippen molar-refractivity contribution in [3.05, 3.63) is 24.5 Å². The summed E-state index contributed by atoms with van der Waals surface area (Å²) in [5.41, 5.74) is 0.898. The van der Waals surface area contributed by atoms with E-state index in [1.54, 1.807) is 17.3 Å². The van der Waals surface area contributed by atoms with E-state index in [-0.39, 0.29) is 6.03 Å². The molecule has 1 heterocycles. The molecule has 1 aromatic heterocycles. The molecule has 0 spiro atoms. The van der Waals surface area contributed by atoms with Crippen LogP contribution in [0.5, 0.6) is 0 Å². The van der Waals surface area contributed by atoms with Gasteiger partial charge in [0.15, 0.2) is 0 Å². The van der Waals surface area contributed by atoms with Gasteiger partial charge in [0.05, 0.1) is 0 Å². The quantitative estimate of drug-likeness (QED) is 0.782. The summed E-state index contributed by atoms with van der Waals surface area (Å²) in [6.07, 6.45) is 3.40. The fourth-order valence-corrected chi connectivity index (χ4v) is 1.62. The van der Waals surface area contributed by atoms with Crippen LogP contribution in [0.25, 0.3) is 0 Å². The number of hydrogen-bond donors (Lipinski definition) is 0. The van der Waals surface area contributed by atoms with E-state index < -0.39 is 0 Å². The highest BCUT2D eigenvalue weighted by Crippen LogP contribution is 2.13. The second-order valence-corrected chi connectivity index (χ2v) is 3.40. The Bertz CT molecular complexity index is 322. The molecule has 0 saturated heterocycles. The second kappa shape index (κ2) is 6.10. The molecule has 2 amide bonds. The Morgan fingerprint density at radius 1 is 1.12 bits per heavy atom. The van der Waals surface area contributed by atoms with Gasteiger partial charge in [0.2, 0.25) is 0 Å². The largest absolute Gasteiger partial charge is 0.325 e. The Morgan fingerprint density at radius 2 is 1.69 bits per heavy atom. The smallest absolute Gasteiger partial charge is 0.324 e. The lowest BCUT2D eigenvalue weighted by Gasteiger charge is -2.28. The average molecular weight is 221 g/mol. The lowest BCUT2D eigenvalue weighted by atomic mass is 10.3. The van der Waals surface area contributed by atoms with Crippen LogP contribution in [0.4, 0.5) is 10.5 Å². The van der Waals surface area contributed by atoms with E-state index in [1.165, 1.54) is 0 Å². The molecule has 1 aromatic rings. The maximum atomic E-state index is 12.2. The van der Waals surface area contributed by atoms with Crippen LogP contribution >= 0.6 is 0 Å². The molecule has 0 saturated carbocycles. The normalized spacial score (nSPS) is 9.94. The van der Waals surface area contributed by atoms with Crippen LogP contribution in [0.2, 0.25) is 0 Å². The Balaban J connectivity index is 2.86. The SMILES string of the molecule is CCN(CC)C(=O)N(CC)c1ccncc1. The number of amides is 2. The molecule has 88 valence electrons. The van der Waals surface area contributed by atoms with Crippen LogP contribution in [-0.2, 0) is 0 Å². The molecule has 0 bridgehead atoms. The number of urea groups is 1. The molecule has 0 aliphatic rings. The third kappa shape index (κ3) is 2.72. The van der Waals surface area contributed by atoms with Crippen molar-refractivity contribution in [2.45, 2.75) is 20.8 Å². The fraction of sp³-hybridized carbons (Fsp3) is 0.500. The zero-order valence-electron chi connectivity index (χ0n) is 10.2. The van der Waals surface area contributed by atoms with Gasteiger partial charge in [0, 0.05) is 37.7 Å². The summed E-state index contributed by atoms with van der Waals surface area (Å²) >= 11 is 0. The highest BCUT2D eigenvalue weighted by Gasteiger charge is 2.18. The van der Waals surface area contributed by atoms with E-state index in [2.05, 4.69) is 4.98 Å². The second-order valence-electron chi connectivity index (χ2n) is 3.40. The number of anilines is 1. The zero-order chi connectivity index (χ0) is 12.0. The van der Waals surface area contributed by atoms with Gasteiger partial charge < -0.3 is 4.90 Å². The Morgan fingerprint density at radius 3 is 2.12 bits per heavy atom. The van der Waals surface area contributed by atoms with Crippen molar-refractivity contribution < 1.29 is 4.79 Å². The van der Waals surface area contributed by atoms with E-state index in [0.29, 0.717) is 6.54 Å². The molecular weight excluding hydrogens is 202 g/mol. The van der Waals surface area contributed by atoms with Crippen molar-refractivity contribution in [2.75, 3.05) is 24.5 Å². The van der Waals surface area contributed by atoms with Crippen molar-refractivity contribution in [2.24, 2.45) is 0 Å². The number of pyridine rings is 1. The molecule has 0 N–H and O–H groups in total. The molecule has 0 radical (unpaired) electrons. The molecule has 0 aromatic carbocycles. The van der Waals surface area contributed by atoms with Crippen molar-refractivity contribution in [1.29, 1.82) is 0 Å². The van der Waals surface area contributed by atoms with E-state index in [1.807, 2.05) is 37.8 Å². The van der Waals surface area contributed by atoms with Gasteiger partial charge in [0.25, 0.3) is 0 Å². The van der Waals surface area contributed by atoms with Crippen LogP contribution < -0.4 is 4.90 Å². The summed E-state index contributed by atoms with van der Waals surface area (Å²) in [4.78, 5) is 19.7. The minimum Gasteiger partial charge on any atom is -0.325 e. The molecule has 4 nitrogen and oxygen atoms in total. The van der Waals surface area contributed by atoms with Crippen molar-refractivity contribution in [3.63, 3.8) is 0 Å². The highest BCUT2D eigenvalue weighted by atomic mass is 16.2. The van der Waals surface area contributed by atoms with E-state index >= 15 is 0 Å². The molecule has 4 heteroatoms. The summed E-state index contributed by atoms with van der Waals surface area (Å²) in [5.74, 6) is 0. The van der Waals surface area contributed by atoms with Crippen LogP contribution in [0.3, 0.4) is 0 Å². The topological polar surface area (TPSA) is 36.4 Å². The zero-order valence-corrected chi connectivity index (χ0v) is 10.2. The number of hydrogen-bond acceptors (Lipinski definition) is 2. The number of nitrogens with zero attached hydrogens (tertiary/aromatic N) is 3. The van der Waals surface area contributed by atoms with E-state index in [9.17, 15) is 4.79 Å². The van der Waals surface area contributed by atoms with E-state index in [4.69, 9.17) is 0 Å². The van der Waals surface area contributed by atoms with Gasteiger partial charge in [-0.25, -0.2) is 4.79 Å². The lowest BCUT2D eigenvalue weighted by molar-refractivity contribution is 0.210. The van der Waals surface area contributed by atoms with Crippen molar-refractivity contribution in [3.8, 4) is 0 Å². The highest BCUT2D eigenvalue weighted by molar-refractivity contribution is 5.91. The maximum Gasteiger partial charge on any atom is 0.324 e. The monoisotopic (exact) mass is 221 g/mol. The fourth-order valence-electron chi connectivity index (χ4n) is 1.62. The predicted octanol–water partition coefficient (Wildman–Crippen LogP) is 2.37. The Labute approximate surface area is 96.9 Å². The lowest BCUT2D eigenvalue weighted by Crippen LogP contribution is -2.43. The van der Waals surface area contributed by atoms with Crippen LogP contribution in [0.15, 0.2) is 24.5 Å². The standard InChI is InChI=1S/C12H19N3O/c1-4-14(5-2)12(16)15(6-3)11-7-9-13-10-8-11/h7-10H,4-6H2,1-3H3. The minimum absolute atomic E-state index is 0.0544. The van der Waals surface area contributed by atoms with Crippen molar-refractivity contribution >= 4 is 11.7 Å². The number of rotatable bonds is 4. The molecule has 0 aliphatic heterocycles. The Kier molecular flexibility index (Phi) is 4.76. The summed E-state index contributed by atoms with van der Waals surface area (Å²) in [6.45, 7) is 8.08. The first kappa shape index (κ1) is 12.5. The van der Waals surface area contributed by atoms with Gasteiger partial charge in [-0.15, -0.1) is 0 Å². The number of carbonyl (C=O) groups is 1. The van der Waals surface area contributed by atoms with Crippen LogP contribution in [-0.4, -0.2) is 35.5 Å². The van der Waals surface area contributed by atoms with Gasteiger partial charge >= 0.3 is 6.03 Å². The number of aromatic nitrogens is 1. The first-order valence-corrected chi connectivity index (χ1v) is 5.71. The third-order valence-electron chi connectivity index (χ3n) is 2.56. The Hall–Kier alpha value is -1.58. The molecule has 0 unspecified atom stereocenters. The maximum absolute atomic E-state index is 12.2. The van der Waals surface area contributed by atoms with Gasteiger partial charge in [-0.1, -0.05) is 0 Å². The summed E-state index contributed by atoms with van der Waals surface area (Å²) in [6, 6.07) is 3.76. The number of carbonyl (C=O) groups excluding carboxylic acids is 1. The van der Waals surface area contributed by atoms with Gasteiger partial charge in [-0.3, -0.25) is 9.88 Å². The van der Waals surface area contributed by atoms with Gasteiger partial charge in [-0.2, -0.15) is 0 Å². The first-order chi connectivity index (χ1) is 7.74. The van der Waals surface area contributed by atoms with Crippen molar-refractivity contribution in [1.82, 2.24) is 9.88 Å². The summed E-state index contributed by atoms with van der Waals surface area (Å²) in [5, 5.41) is 0. The van der Waals surface area contributed by atoms with E-state index in [0.717, 1.165) is 18.8 Å². The molecular formula is C12H19N3O. The van der Waals surface area contributed by atoms with Crippen LogP contribution in [0, 0.1) is 0 Å². The first-order valence-electron chi connectivity index (χ1n) is 5.71. The summed E-state index contributed by atoms with van der Waals surface area (Å²) < 4.78 is 0. The predicted molar refractivity (Wildman–Crippen MR) is 65.6 cm³/mol. The molecule has 16 heavy (non-hydrogen) atoms. The average Bonchev–Trinajstić information content (AvgIpc) is 2.33. The molecule has 0 fully saturated rings. The summed E-state index contributed by atoms with van der Waals surface area (Å²) in [7, 11) is 0. The molecule has 0 aliphatic carbocycles. The van der Waals surface area contributed by atoms with Gasteiger partial charge in [0.1, 0.15) is 0 Å². The van der Waals surface area contributed by atoms with Crippen LogP contribution in [0.1, 0.15) is 20.8 Å². The minimum atomic E-state index is 0.0544. The third-order valence-corrected chi connectivity index (χ3v) is 2.56. The van der Waals surface area contributed by atoms with Gasteiger partial charge in [-0.05, 0) is 32.9 Å². The molecule has 0 atom stereocenters. The molecule has 1 rings (SSSR count).